The Balaban J connectivity index is 2.55. The topological polar surface area (TPSA) is 83.0 Å². The number of nitriles is 1. The Hall–Kier alpha value is -2.61. The molecule has 0 spiro atoms. The molecule has 5 nitrogen and oxygen atoms in total. The number of nitrogens with zero attached hydrogens (tertiary/aromatic N) is 3. The first kappa shape index (κ1) is 12.8. The Bertz CT molecular complexity index is 660. The lowest BCUT2D eigenvalue weighted by Gasteiger charge is -2.20. The molecule has 5 heteroatoms. The number of benzene rings is 1. The van der Waals surface area contributed by atoms with Crippen LogP contribution >= 0.6 is 0 Å². The summed E-state index contributed by atoms with van der Waals surface area (Å²) < 4.78 is 0. The van der Waals surface area contributed by atoms with Gasteiger partial charge in [0, 0.05) is 11.9 Å². The maximum atomic E-state index is 11.0. The first-order chi connectivity index (χ1) is 9.15. The van der Waals surface area contributed by atoms with Gasteiger partial charge in [-0.1, -0.05) is 18.2 Å². The zero-order chi connectivity index (χ0) is 13.8. The van der Waals surface area contributed by atoms with Crippen molar-refractivity contribution in [3.05, 3.63) is 35.9 Å². The Morgan fingerprint density at radius 2 is 2.21 bits per heavy atom. The van der Waals surface area contributed by atoms with Crippen LogP contribution in [0.1, 0.15) is 12.5 Å². The fourth-order valence-electron chi connectivity index (χ4n) is 1.96. The molecule has 2 N–H and O–H groups in total. The summed E-state index contributed by atoms with van der Waals surface area (Å²) in [4.78, 5) is 17.3. The molecule has 1 aromatic carbocycles. The summed E-state index contributed by atoms with van der Waals surface area (Å²) in [6, 6.07) is 11.3. The fourth-order valence-corrected chi connectivity index (χ4v) is 1.96. The molecule has 1 amide bonds. The van der Waals surface area contributed by atoms with E-state index in [0.29, 0.717) is 17.9 Å². The van der Waals surface area contributed by atoms with E-state index >= 15 is 0 Å². The summed E-state index contributed by atoms with van der Waals surface area (Å²) in [7, 11) is 0. The first-order valence-corrected chi connectivity index (χ1v) is 5.99. The lowest BCUT2D eigenvalue weighted by atomic mass is 10.1. The lowest BCUT2D eigenvalue weighted by Crippen LogP contribution is -2.34. The number of carbonyl (C=O) groups is 1. The van der Waals surface area contributed by atoms with E-state index in [9.17, 15) is 10.1 Å². The second-order valence-electron chi connectivity index (χ2n) is 4.14. The molecule has 0 saturated heterocycles. The molecule has 0 atom stereocenters. The smallest absolute Gasteiger partial charge is 0.236 e. The normalized spacial score (nSPS) is 10.1. The van der Waals surface area contributed by atoms with Crippen molar-refractivity contribution < 1.29 is 4.79 Å². The van der Waals surface area contributed by atoms with Gasteiger partial charge in [-0.3, -0.25) is 4.79 Å². The third-order valence-corrected chi connectivity index (χ3v) is 2.88. The van der Waals surface area contributed by atoms with E-state index in [0.717, 1.165) is 10.9 Å². The van der Waals surface area contributed by atoms with Crippen LogP contribution < -0.4 is 10.6 Å². The van der Waals surface area contributed by atoms with Crippen molar-refractivity contribution in [1.82, 2.24) is 4.98 Å². The number of para-hydroxylation sites is 1. The van der Waals surface area contributed by atoms with Gasteiger partial charge in [0.05, 0.1) is 23.7 Å². The molecular weight excluding hydrogens is 240 g/mol. The van der Waals surface area contributed by atoms with E-state index in [-0.39, 0.29) is 6.54 Å². The van der Waals surface area contributed by atoms with Crippen molar-refractivity contribution in [3.8, 4) is 6.07 Å². The largest absolute Gasteiger partial charge is 0.368 e. The van der Waals surface area contributed by atoms with Gasteiger partial charge in [-0.05, 0) is 19.1 Å². The molecule has 96 valence electrons. The minimum absolute atomic E-state index is 0.0900. The third-order valence-electron chi connectivity index (χ3n) is 2.88. The van der Waals surface area contributed by atoms with Gasteiger partial charge in [0.25, 0.3) is 0 Å². The van der Waals surface area contributed by atoms with Gasteiger partial charge >= 0.3 is 0 Å². The highest BCUT2D eigenvalue weighted by Gasteiger charge is 2.12. The van der Waals surface area contributed by atoms with Crippen molar-refractivity contribution in [1.29, 1.82) is 5.26 Å². The van der Waals surface area contributed by atoms with Gasteiger partial charge in [0.15, 0.2) is 0 Å². The Morgan fingerprint density at radius 3 is 2.84 bits per heavy atom. The number of hydrogen-bond acceptors (Lipinski definition) is 4. The third kappa shape index (κ3) is 2.63. The number of carbonyl (C=O) groups excluding carboxylic acids is 1. The monoisotopic (exact) mass is 254 g/mol. The molecule has 2 rings (SSSR count). The van der Waals surface area contributed by atoms with Gasteiger partial charge in [-0.25, -0.2) is 4.98 Å². The standard InChI is InChI=1S/C14H14N4O/c1-2-18(9-13(16)19)14-7-10(8-15)11-5-3-4-6-12(11)17-14/h3-7H,2,9H2,1H3,(H2,16,19). The number of fused-ring (bicyclic) bond motifs is 1. The van der Waals surface area contributed by atoms with Crippen molar-refractivity contribution in [2.45, 2.75) is 6.92 Å². The van der Waals surface area contributed by atoms with Crippen molar-refractivity contribution in [2.24, 2.45) is 5.73 Å². The van der Waals surface area contributed by atoms with E-state index in [1.807, 2.05) is 31.2 Å². The van der Waals surface area contributed by atoms with Crippen LogP contribution in [0.4, 0.5) is 5.82 Å². The molecule has 19 heavy (non-hydrogen) atoms. The molecular formula is C14H14N4O. The number of likely N-dealkylation sites (N-methyl/N-ethyl adjacent to an activating group) is 1. The summed E-state index contributed by atoms with van der Waals surface area (Å²) in [6.07, 6.45) is 0. The van der Waals surface area contributed by atoms with E-state index in [4.69, 9.17) is 5.73 Å². The van der Waals surface area contributed by atoms with Crippen LogP contribution in [0.25, 0.3) is 10.9 Å². The van der Waals surface area contributed by atoms with E-state index in [1.165, 1.54) is 0 Å². The second-order valence-corrected chi connectivity index (χ2v) is 4.14. The predicted octanol–water partition coefficient (Wildman–Crippen LogP) is 1.42. The van der Waals surface area contributed by atoms with E-state index in [1.54, 1.807) is 11.0 Å². The van der Waals surface area contributed by atoms with Crippen LogP contribution in [-0.2, 0) is 4.79 Å². The van der Waals surface area contributed by atoms with Crippen LogP contribution in [-0.4, -0.2) is 24.0 Å². The minimum Gasteiger partial charge on any atom is -0.368 e. The fraction of sp³-hybridized carbons (Fsp3) is 0.214. The maximum Gasteiger partial charge on any atom is 0.236 e. The van der Waals surface area contributed by atoms with Gasteiger partial charge in [-0.2, -0.15) is 5.26 Å². The lowest BCUT2D eigenvalue weighted by molar-refractivity contribution is -0.116. The molecule has 0 aliphatic carbocycles. The van der Waals surface area contributed by atoms with E-state index in [2.05, 4.69) is 11.1 Å². The average Bonchev–Trinajstić information content (AvgIpc) is 2.43. The van der Waals surface area contributed by atoms with Gasteiger partial charge in [0.1, 0.15) is 5.82 Å². The zero-order valence-corrected chi connectivity index (χ0v) is 10.6. The summed E-state index contributed by atoms with van der Waals surface area (Å²) >= 11 is 0. The predicted molar refractivity (Wildman–Crippen MR) is 73.5 cm³/mol. The SMILES string of the molecule is CCN(CC(N)=O)c1cc(C#N)c2ccccc2n1. The summed E-state index contributed by atoms with van der Waals surface area (Å²) in [6.45, 7) is 2.59. The Labute approximate surface area is 111 Å². The number of nitrogens with two attached hydrogens (primary N) is 1. The number of anilines is 1. The number of primary amides is 1. The molecule has 2 aromatic rings. The highest BCUT2D eigenvalue weighted by molar-refractivity contribution is 5.87. The highest BCUT2D eigenvalue weighted by atomic mass is 16.1. The number of aromatic nitrogens is 1. The molecule has 0 fully saturated rings. The van der Waals surface area contributed by atoms with Crippen LogP contribution in [0.5, 0.6) is 0 Å². The Kier molecular flexibility index (Phi) is 3.62. The molecule has 0 saturated carbocycles. The van der Waals surface area contributed by atoms with Crippen molar-refractivity contribution in [3.63, 3.8) is 0 Å². The molecule has 0 unspecified atom stereocenters. The number of amides is 1. The van der Waals surface area contributed by atoms with Crippen LogP contribution in [0, 0.1) is 11.3 Å². The number of rotatable bonds is 4. The molecule has 1 aromatic heterocycles. The second kappa shape index (κ2) is 5.36. The summed E-state index contributed by atoms with van der Waals surface area (Å²) in [5.74, 6) is 0.173. The molecule has 0 radical (unpaired) electrons. The van der Waals surface area contributed by atoms with Gasteiger partial charge in [-0.15, -0.1) is 0 Å². The highest BCUT2D eigenvalue weighted by Crippen LogP contribution is 2.22. The van der Waals surface area contributed by atoms with Crippen LogP contribution in [0.2, 0.25) is 0 Å². The van der Waals surface area contributed by atoms with Crippen LogP contribution in [0.3, 0.4) is 0 Å². The minimum atomic E-state index is -0.421. The zero-order valence-electron chi connectivity index (χ0n) is 10.6. The van der Waals surface area contributed by atoms with Gasteiger partial charge < -0.3 is 10.6 Å². The van der Waals surface area contributed by atoms with E-state index < -0.39 is 5.91 Å². The average molecular weight is 254 g/mol. The summed E-state index contributed by atoms with van der Waals surface area (Å²) in [5.41, 5.74) is 6.50. The number of pyridine rings is 1. The molecule has 0 bridgehead atoms. The first-order valence-electron chi connectivity index (χ1n) is 5.99. The molecule has 0 aliphatic heterocycles. The number of hydrogen-bond donors (Lipinski definition) is 1. The van der Waals surface area contributed by atoms with Crippen molar-refractivity contribution in [2.75, 3.05) is 18.0 Å². The van der Waals surface area contributed by atoms with Crippen molar-refractivity contribution >= 4 is 22.6 Å². The summed E-state index contributed by atoms with van der Waals surface area (Å²) in [5, 5.41) is 10.0. The Morgan fingerprint density at radius 1 is 1.47 bits per heavy atom. The quantitative estimate of drug-likeness (QED) is 0.894. The maximum absolute atomic E-state index is 11.0. The van der Waals surface area contributed by atoms with Crippen LogP contribution in [0.15, 0.2) is 30.3 Å². The molecule has 1 heterocycles. The molecule has 0 aliphatic rings. The van der Waals surface area contributed by atoms with Gasteiger partial charge in [0.2, 0.25) is 5.91 Å².